The Hall–Kier alpha value is -3.33. The lowest BCUT2D eigenvalue weighted by Gasteiger charge is -2.25. The van der Waals surface area contributed by atoms with Crippen LogP contribution in [0.15, 0.2) is 52.5 Å². The maximum atomic E-state index is 12.6. The predicted molar refractivity (Wildman–Crippen MR) is 136 cm³/mol. The molecule has 0 radical (unpaired) electrons. The van der Waals surface area contributed by atoms with Gasteiger partial charge < -0.3 is 9.47 Å². The Morgan fingerprint density at radius 1 is 1.00 bits per heavy atom. The summed E-state index contributed by atoms with van der Waals surface area (Å²) in [5.41, 5.74) is 3.26. The first-order valence-corrected chi connectivity index (χ1v) is 12.8. The van der Waals surface area contributed by atoms with Crippen molar-refractivity contribution >= 4 is 17.4 Å². The summed E-state index contributed by atoms with van der Waals surface area (Å²) in [5, 5.41) is 10.0. The van der Waals surface area contributed by atoms with Gasteiger partial charge in [-0.1, -0.05) is 37.1 Å². The van der Waals surface area contributed by atoms with Gasteiger partial charge in [-0.2, -0.15) is 0 Å². The number of thioether (sulfide) groups is 1. The van der Waals surface area contributed by atoms with Crippen molar-refractivity contribution in [2.75, 3.05) is 14.2 Å². The second-order valence-corrected chi connectivity index (χ2v) is 9.79. The van der Waals surface area contributed by atoms with E-state index in [1.807, 2.05) is 43.5 Å². The van der Waals surface area contributed by atoms with Gasteiger partial charge in [0.25, 0.3) is 5.56 Å². The maximum Gasteiger partial charge on any atom is 0.258 e. The molecule has 3 heterocycles. The Balaban J connectivity index is 1.49. The number of fused-ring (bicyclic) bond motifs is 1. The van der Waals surface area contributed by atoms with Crippen molar-refractivity contribution in [1.29, 1.82) is 0 Å². The van der Waals surface area contributed by atoms with Gasteiger partial charge in [0, 0.05) is 29.6 Å². The first-order valence-electron chi connectivity index (χ1n) is 11.9. The lowest BCUT2D eigenvalue weighted by atomic mass is 9.95. The molecule has 182 valence electrons. The third kappa shape index (κ3) is 4.77. The van der Waals surface area contributed by atoms with Crippen LogP contribution in [0.1, 0.15) is 49.4 Å². The van der Waals surface area contributed by atoms with Crippen molar-refractivity contribution in [3.8, 4) is 22.9 Å². The minimum atomic E-state index is -0.0749. The number of ether oxygens (including phenoxy) is 2. The smallest absolute Gasteiger partial charge is 0.258 e. The second-order valence-electron chi connectivity index (χ2n) is 8.85. The molecule has 0 spiro atoms. The molecule has 1 saturated carbocycles. The molecule has 5 rings (SSSR count). The Bertz CT molecular complexity index is 1410. The molecule has 0 amide bonds. The van der Waals surface area contributed by atoms with E-state index in [4.69, 9.17) is 14.5 Å². The molecule has 4 aromatic rings. The van der Waals surface area contributed by atoms with E-state index in [1.165, 1.54) is 19.3 Å². The summed E-state index contributed by atoms with van der Waals surface area (Å²) >= 11 is 1.57. The minimum absolute atomic E-state index is 0.0749. The Kier molecular flexibility index (Phi) is 6.77. The quantitative estimate of drug-likeness (QED) is 0.334. The van der Waals surface area contributed by atoms with Crippen molar-refractivity contribution in [2.45, 2.75) is 56.0 Å². The molecule has 1 aliphatic rings. The molecule has 1 aliphatic carbocycles. The van der Waals surface area contributed by atoms with E-state index >= 15 is 0 Å². The molecule has 1 fully saturated rings. The van der Waals surface area contributed by atoms with E-state index in [0.29, 0.717) is 28.9 Å². The zero-order valence-corrected chi connectivity index (χ0v) is 21.0. The average Bonchev–Trinajstić information content (AvgIpc) is 3.32. The molecule has 0 atom stereocenters. The van der Waals surface area contributed by atoms with Crippen LogP contribution in [-0.4, -0.2) is 38.4 Å². The number of benzene rings is 1. The highest BCUT2D eigenvalue weighted by atomic mass is 32.2. The number of aromatic nitrogens is 5. The van der Waals surface area contributed by atoms with Gasteiger partial charge in [-0.25, -0.2) is 4.98 Å². The predicted octanol–water partition coefficient (Wildman–Crippen LogP) is 5.08. The van der Waals surface area contributed by atoms with E-state index in [0.717, 1.165) is 40.6 Å². The van der Waals surface area contributed by atoms with E-state index in [-0.39, 0.29) is 5.56 Å². The van der Waals surface area contributed by atoms with Gasteiger partial charge >= 0.3 is 0 Å². The molecule has 0 N–H and O–H groups in total. The highest BCUT2D eigenvalue weighted by molar-refractivity contribution is 7.98. The highest BCUT2D eigenvalue weighted by Crippen LogP contribution is 2.38. The van der Waals surface area contributed by atoms with Gasteiger partial charge in [0.15, 0.2) is 22.5 Å². The fraction of sp³-hybridized carbons (Fsp3) is 0.385. The summed E-state index contributed by atoms with van der Waals surface area (Å²) in [4.78, 5) is 17.3. The third-order valence-electron chi connectivity index (χ3n) is 6.46. The van der Waals surface area contributed by atoms with Crippen LogP contribution >= 0.6 is 11.8 Å². The molecule has 0 aliphatic heterocycles. The number of hydrogen-bond acceptors (Lipinski definition) is 7. The normalized spacial score (nSPS) is 14.4. The SMILES string of the molecule is COc1ccc(-c2nnc(SCc3cc(=O)n4cc(C)ccc4n3)n2C2CCCCC2)cc1OC. The van der Waals surface area contributed by atoms with Gasteiger partial charge in [0.1, 0.15) is 5.65 Å². The zero-order valence-electron chi connectivity index (χ0n) is 20.2. The molecule has 1 aromatic carbocycles. The summed E-state index contributed by atoms with van der Waals surface area (Å²) in [5.74, 6) is 2.70. The van der Waals surface area contributed by atoms with Crippen LogP contribution in [0.4, 0.5) is 0 Å². The molecule has 35 heavy (non-hydrogen) atoms. The number of aryl methyl sites for hydroxylation is 1. The zero-order chi connectivity index (χ0) is 24.4. The fourth-order valence-corrected chi connectivity index (χ4v) is 5.58. The highest BCUT2D eigenvalue weighted by Gasteiger charge is 2.24. The van der Waals surface area contributed by atoms with Crippen LogP contribution in [0.2, 0.25) is 0 Å². The summed E-state index contributed by atoms with van der Waals surface area (Å²) in [6, 6.07) is 11.6. The average molecular weight is 492 g/mol. The second kappa shape index (κ2) is 10.1. The number of nitrogens with zero attached hydrogens (tertiary/aromatic N) is 5. The Morgan fingerprint density at radius 3 is 2.57 bits per heavy atom. The first-order chi connectivity index (χ1) is 17.1. The Labute approximate surface area is 208 Å². The first kappa shape index (κ1) is 23.4. The lowest BCUT2D eigenvalue weighted by Crippen LogP contribution is -2.16. The van der Waals surface area contributed by atoms with Crippen molar-refractivity contribution in [2.24, 2.45) is 0 Å². The van der Waals surface area contributed by atoms with E-state index in [1.54, 1.807) is 36.4 Å². The molecule has 0 bridgehead atoms. The van der Waals surface area contributed by atoms with Gasteiger partial charge in [-0.15, -0.1) is 10.2 Å². The van der Waals surface area contributed by atoms with Gasteiger partial charge in [-0.3, -0.25) is 13.8 Å². The molecular formula is C26H29N5O3S. The third-order valence-corrected chi connectivity index (χ3v) is 7.43. The van der Waals surface area contributed by atoms with Crippen molar-refractivity contribution in [3.05, 3.63) is 64.2 Å². The van der Waals surface area contributed by atoms with Crippen LogP contribution in [0, 0.1) is 6.92 Å². The van der Waals surface area contributed by atoms with Crippen molar-refractivity contribution in [3.63, 3.8) is 0 Å². The topological polar surface area (TPSA) is 83.5 Å². The van der Waals surface area contributed by atoms with Crippen LogP contribution in [0.5, 0.6) is 11.5 Å². The van der Waals surface area contributed by atoms with Crippen LogP contribution in [0.3, 0.4) is 0 Å². The summed E-state index contributed by atoms with van der Waals surface area (Å²) in [6.07, 6.45) is 7.66. The molecule has 0 unspecified atom stereocenters. The summed E-state index contributed by atoms with van der Waals surface area (Å²) in [7, 11) is 3.26. The maximum absolute atomic E-state index is 12.6. The van der Waals surface area contributed by atoms with Crippen molar-refractivity contribution in [1.82, 2.24) is 24.1 Å². The largest absolute Gasteiger partial charge is 0.493 e. The molecule has 0 saturated heterocycles. The minimum Gasteiger partial charge on any atom is -0.493 e. The molecule has 9 heteroatoms. The van der Waals surface area contributed by atoms with E-state index in [2.05, 4.69) is 14.8 Å². The van der Waals surface area contributed by atoms with E-state index in [9.17, 15) is 4.79 Å². The number of methoxy groups -OCH3 is 2. The Morgan fingerprint density at radius 2 is 1.80 bits per heavy atom. The van der Waals surface area contributed by atoms with Gasteiger partial charge in [0.2, 0.25) is 0 Å². The fourth-order valence-electron chi connectivity index (χ4n) is 4.69. The molecular weight excluding hydrogens is 462 g/mol. The van der Waals surface area contributed by atoms with Crippen LogP contribution < -0.4 is 15.0 Å². The summed E-state index contributed by atoms with van der Waals surface area (Å²) < 4.78 is 14.8. The molecule has 8 nitrogen and oxygen atoms in total. The number of rotatable bonds is 7. The van der Waals surface area contributed by atoms with Gasteiger partial charge in [0.05, 0.1) is 19.9 Å². The van der Waals surface area contributed by atoms with Crippen molar-refractivity contribution < 1.29 is 9.47 Å². The van der Waals surface area contributed by atoms with Gasteiger partial charge in [-0.05, 0) is 49.6 Å². The molecule has 3 aromatic heterocycles. The number of hydrogen-bond donors (Lipinski definition) is 0. The number of pyridine rings is 1. The monoisotopic (exact) mass is 491 g/mol. The van der Waals surface area contributed by atoms with Crippen LogP contribution in [0.25, 0.3) is 17.0 Å². The van der Waals surface area contributed by atoms with Crippen LogP contribution in [-0.2, 0) is 5.75 Å². The lowest BCUT2D eigenvalue weighted by molar-refractivity contribution is 0.339. The van der Waals surface area contributed by atoms with E-state index < -0.39 is 0 Å². The standard InChI is InChI=1S/C26H29N5O3S/c1-17-9-12-23-27-19(14-24(32)30(23)15-17)16-35-26-29-28-25(31(26)20-7-5-4-6-8-20)18-10-11-21(33-2)22(13-18)34-3/h9-15,20H,4-8,16H2,1-3H3. The summed E-state index contributed by atoms with van der Waals surface area (Å²) in [6.45, 7) is 1.96.